The number of nitrogens with zero attached hydrogens (tertiary/aromatic N) is 1. The van der Waals surface area contributed by atoms with Crippen LogP contribution < -0.4 is 4.90 Å². The van der Waals surface area contributed by atoms with Crippen LogP contribution in [0.2, 0.25) is 0 Å². The molecule has 0 N–H and O–H groups in total. The van der Waals surface area contributed by atoms with E-state index in [4.69, 9.17) is 0 Å². The summed E-state index contributed by atoms with van der Waals surface area (Å²) in [6.07, 6.45) is 0. The van der Waals surface area contributed by atoms with Crippen molar-refractivity contribution in [2.24, 2.45) is 0 Å². The Morgan fingerprint density at radius 1 is 0.265 bits per heavy atom. The molecule has 0 amide bonds. The molecule has 0 heterocycles. The van der Waals surface area contributed by atoms with Gasteiger partial charge in [-0.15, -0.1) is 0 Å². The molecule has 1 heteroatoms. The van der Waals surface area contributed by atoms with Gasteiger partial charge in [0.2, 0.25) is 0 Å². The molecule has 9 rings (SSSR count). The molecular formula is C48H33N. The molecule has 0 radical (unpaired) electrons. The average molecular weight is 624 g/mol. The highest BCUT2D eigenvalue weighted by molar-refractivity contribution is 6.14. The Hall–Kier alpha value is -6.44. The summed E-state index contributed by atoms with van der Waals surface area (Å²) in [5.41, 5.74) is 10.7. The SMILES string of the molecule is c1ccc(-c2ccc(N(c3ccc(-c4ccc5cc(-c6ccccc6)c6ccccc6c5c4)cc3)c3cccc4ccccc34)cc2)cc1. The maximum absolute atomic E-state index is 2.37. The second-order valence-electron chi connectivity index (χ2n) is 12.6. The molecule has 0 saturated carbocycles. The van der Waals surface area contributed by atoms with Crippen molar-refractivity contribution in [3.05, 3.63) is 200 Å². The van der Waals surface area contributed by atoms with Gasteiger partial charge >= 0.3 is 0 Å². The third kappa shape index (κ3) is 5.32. The zero-order valence-corrected chi connectivity index (χ0v) is 27.0. The first-order valence-electron chi connectivity index (χ1n) is 16.8. The summed E-state index contributed by atoms with van der Waals surface area (Å²) in [4.78, 5) is 2.37. The van der Waals surface area contributed by atoms with Gasteiger partial charge in [-0.1, -0.05) is 158 Å². The van der Waals surface area contributed by atoms with E-state index < -0.39 is 0 Å². The highest BCUT2D eigenvalue weighted by Gasteiger charge is 2.16. The summed E-state index contributed by atoms with van der Waals surface area (Å²) in [5.74, 6) is 0. The number of fused-ring (bicyclic) bond motifs is 4. The van der Waals surface area contributed by atoms with Crippen LogP contribution in [0.3, 0.4) is 0 Å². The van der Waals surface area contributed by atoms with Crippen molar-refractivity contribution >= 4 is 49.4 Å². The fraction of sp³-hybridized carbons (Fsp3) is 0. The van der Waals surface area contributed by atoms with Crippen molar-refractivity contribution in [1.82, 2.24) is 0 Å². The molecule has 1 nitrogen and oxygen atoms in total. The smallest absolute Gasteiger partial charge is 0.0540 e. The standard InChI is InChI=1S/C48H33N/c1-3-12-34(13-4-1)35-24-28-41(29-25-35)49(48-21-11-17-37-16-7-8-18-43(37)48)42-30-26-36(27-31-42)39-22-23-40-33-46(38-14-5-2-6-15-38)44-19-9-10-20-45(44)47(40)32-39/h1-33H. The normalized spacial score (nSPS) is 11.3. The Balaban J connectivity index is 1.13. The first kappa shape index (κ1) is 28.8. The van der Waals surface area contributed by atoms with Gasteiger partial charge in [-0.3, -0.25) is 0 Å². The second kappa shape index (κ2) is 12.3. The summed E-state index contributed by atoms with van der Waals surface area (Å²) < 4.78 is 0. The van der Waals surface area contributed by atoms with E-state index in [0.29, 0.717) is 0 Å². The summed E-state index contributed by atoms with van der Waals surface area (Å²) >= 11 is 0. The molecule has 0 aliphatic rings. The first-order valence-corrected chi connectivity index (χ1v) is 16.8. The summed E-state index contributed by atoms with van der Waals surface area (Å²) in [5, 5.41) is 7.52. The lowest BCUT2D eigenvalue weighted by Crippen LogP contribution is -2.10. The van der Waals surface area contributed by atoms with Crippen LogP contribution >= 0.6 is 0 Å². The molecule has 49 heavy (non-hydrogen) atoms. The zero-order valence-electron chi connectivity index (χ0n) is 27.0. The lowest BCUT2D eigenvalue weighted by Gasteiger charge is -2.27. The van der Waals surface area contributed by atoms with E-state index >= 15 is 0 Å². The number of benzene rings is 9. The molecule has 230 valence electrons. The molecule has 9 aromatic carbocycles. The number of anilines is 3. The minimum atomic E-state index is 1.12. The van der Waals surface area contributed by atoms with Crippen molar-refractivity contribution in [3.8, 4) is 33.4 Å². The topological polar surface area (TPSA) is 3.24 Å². The number of hydrogen-bond acceptors (Lipinski definition) is 1. The van der Waals surface area contributed by atoms with Gasteiger partial charge in [0.25, 0.3) is 0 Å². The van der Waals surface area contributed by atoms with Crippen LogP contribution in [0.1, 0.15) is 0 Å². The van der Waals surface area contributed by atoms with Crippen LogP contribution in [0.4, 0.5) is 17.1 Å². The molecule has 0 aromatic heterocycles. The Morgan fingerprint density at radius 3 is 1.47 bits per heavy atom. The van der Waals surface area contributed by atoms with Gasteiger partial charge in [0.05, 0.1) is 5.69 Å². The monoisotopic (exact) mass is 623 g/mol. The quantitative estimate of drug-likeness (QED) is 0.167. The molecule has 0 bridgehead atoms. The van der Waals surface area contributed by atoms with E-state index in [1.54, 1.807) is 0 Å². The van der Waals surface area contributed by atoms with Crippen LogP contribution in [-0.4, -0.2) is 0 Å². The van der Waals surface area contributed by atoms with Crippen molar-refractivity contribution in [2.45, 2.75) is 0 Å². The van der Waals surface area contributed by atoms with Gasteiger partial charge in [0, 0.05) is 16.8 Å². The predicted molar refractivity (Wildman–Crippen MR) is 210 cm³/mol. The summed E-state index contributed by atoms with van der Waals surface area (Å²) in [6.45, 7) is 0. The van der Waals surface area contributed by atoms with Gasteiger partial charge in [0.1, 0.15) is 0 Å². The lowest BCUT2D eigenvalue weighted by molar-refractivity contribution is 1.30. The van der Waals surface area contributed by atoms with E-state index in [0.717, 1.165) is 17.1 Å². The average Bonchev–Trinajstić information content (AvgIpc) is 3.19. The molecule has 0 aliphatic heterocycles. The summed E-state index contributed by atoms with van der Waals surface area (Å²) in [6, 6.07) is 72.4. The largest absolute Gasteiger partial charge is 0.310 e. The molecular weight excluding hydrogens is 591 g/mol. The molecule has 0 unspecified atom stereocenters. The van der Waals surface area contributed by atoms with Gasteiger partial charge in [-0.2, -0.15) is 0 Å². The van der Waals surface area contributed by atoms with Crippen LogP contribution in [-0.2, 0) is 0 Å². The number of rotatable bonds is 6. The van der Waals surface area contributed by atoms with Crippen LogP contribution in [0.15, 0.2) is 200 Å². The molecule has 0 aliphatic carbocycles. The van der Waals surface area contributed by atoms with Gasteiger partial charge in [-0.25, -0.2) is 0 Å². The van der Waals surface area contributed by atoms with Crippen molar-refractivity contribution < 1.29 is 0 Å². The Labute approximate surface area is 287 Å². The van der Waals surface area contributed by atoms with Crippen molar-refractivity contribution in [3.63, 3.8) is 0 Å². The molecule has 9 aromatic rings. The minimum absolute atomic E-state index is 1.12. The van der Waals surface area contributed by atoms with Gasteiger partial charge < -0.3 is 4.90 Å². The minimum Gasteiger partial charge on any atom is -0.310 e. The van der Waals surface area contributed by atoms with E-state index in [9.17, 15) is 0 Å². The van der Waals surface area contributed by atoms with Crippen molar-refractivity contribution in [2.75, 3.05) is 4.90 Å². The third-order valence-electron chi connectivity index (χ3n) is 9.64. The summed E-state index contributed by atoms with van der Waals surface area (Å²) in [7, 11) is 0. The number of hydrogen-bond donors (Lipinski definition) is 0. The Morgan fingerprint density at radius 2 is 0.776 bits per heavy atom. The van der Waals surface area contributed by atoms with Gasteiger partial charge in [-0.05, 0) is 103 Å². The Kier molecular flexibility index (Phi) is 7.22. The zero-order chi connectivity index (χ0) is 32.6. The highest BCUT2D eigenvalue weighted by Crippen LogP contribution is 2.41. The first-order chi connectivity index (χ1) is 24.3. The molecule has 0 fully saturated rings. The fourth-order valence-corrected chi connectivity index (χ4v) is 7.20. The lowest BCUT2D eigenvalue weighted by atomic mass is 9.91. The Bertz CT molecular complexity index is 2560. The van der Waals surface area contributed by atoms with E-state index in [1.807, 2.05) is 0 Å². The fourth-order valence-electron chi connectivity index (χ4n) is 7.20. The van der Waals surface area contributed by atoms with Gasteiger partial charge in [0.15, 0.2) is 0 Å². The van der Waals surface area contributed by atoms with E-state index in [2.05, 4.69) is 205 Å². The van der Waals surface area contributed by atoms with Crippen LogP contribution in [0.25, 0.3) is 65.7 Å². The predicted octanol–water partition coefficient (Wildman–Crippen LogP) is 13.6. The van der Waals surface area contributed by atoms with E-state index in [1.165, 1.54) is 65.7 Å². The highest BCUT2D eigenvalue weighted by atomic mass is 15.1. The van der Waals surface area contributed by atoms with Crippen molar-refractivity contribution in [1.29, 1.82) is 0 Å². The van der Waals surface area contributed by atoms with Crippen LogP contribution in [0, 0.1) is 0 Å². The maximum atomic E-state index is 2.37. The molecule has 0 spiro atoms. The second-order valence-corrected chi connectivity index (χ2v) is 12.6. The molecule has 0 atom stereocenters. The molecule has 0 saturated heterocycles. The third-order valence-corrected chi connectivity index (χ3v) is 9.64. The van der Waals surface area contributed by atoms with Crippen LogP contribution in [0.5, 0.6) is 0 Å². The van der Waals surface area contributed by atoms with E-state index in [-0.39, 0.29) is 0 Å². The maximum Gasteiger partial charge on any atom is 0.0540 e.